The third kappa shape index (κ3) is 4.97. The molecule has 98 valence electrons. The van der Waals surface area contributed by atoms with Crippen LogP contribution >= 0.6 is 0 Å². The van der Waals surface area contributed by atoms with Gasteiger partial charge in [-0.15, -0.1) is 0 Å². The standard InChI is InChI=1S/C13H18N2O3/c1-9-4-3-5-11(6-9)13(18)15-8-12(17)14-7-10(2)16/h3-6,10,16H,7-8H2,1-2H3,(H,14,17)(H,15,18)/t10-/m0/s1. The number of aliphatic hydroxyl groups excluding tert-OH is 1. The van der Waals surface area contributed by atoms with E-state index in [-0.39, 0.29) is 24.9 Å². The Morgan fingerprint density at radius 1 is 1.33 bits per heavy atom. The lowest BCUT2D eigenvalue weighted by Gasteiger charge is -2.08. The molecule has 0 fully saturated rings. The maximum absolute atomic E-state index is 11.7. The first-order valence-corrected chi connectivity index (χ1v) is 5.78. The fourth-order valence-corrected chi connectivity index (χ4v) is 1.37. The SMILES string of the molecule is Cc1cccc(C(=O)NCC(=O)NC[C@H](C)O)c1. The molecule has 2 amide bonds. The van der Waals surface area contributed by atoms with Crippen molar-refractivity contribution in [1.29, 1.82) is 0 Å². The molecule has 0 aliphatic rings. The number of carbonyl (C=O) groups is 2. The maximum atomic E-state index is 11.7. The summed E-state index contributed by atoms with van der Waals surface area (Å²) in [5, 5.41) is 14.0. The normalized spacial score (nSPS) is 11.7. The van der Waals surface area contributed by atoms with E-state index in [0.717, 1.165) is 5.56 Å². The van der Waals surface area contributed by atoms with Crippen LogP contribution < -0.4 is 10.6 Å². The van der Waals surface area contributed by atoms with Gasteiger partial charge >= 0.3 is 0 Å². The molecule has 1 rings (SSSR count). The average molecular weight is 250 g/mol. The smallest absolute Gasteiger partial charge is 0.251 e. The second-order valence-corrected chi connectivity index (χ2v) is 4.21. The van der Waals surface area contributed by atoms with Crippen LogP contribution in [0.4, 0.5) is 0 Å². The highest BCUT2D eigenvalue weighted by Crippen LogP contribution is 2.03. The number of aryl methyl sites for hydroxylation is 1. The molecule has 0 heterocycles. The summed E-state index contributed by atoms with van der Waals surface area (Å²) < 4.78 is 0. The topological polar surface area (TPSA) is 78.4 Å². The first-order chi connectivity index (χ1) is 8.49. The summed E-state index contributed by atoms with van der Waals surface area (Å²) in [7, 11) is 0. The monoisotopic (exact) mass is 250 g/mol. The molecule has 0 saturated heterocycles. The number of rotatable bonds is 5. The Morgan fingerprint density at radius 2 is 2.06 bits per heavy atom. The minimum absolute atomic E-state index is 0.0977. The molecule has 5 heteroatoms. The van der Waals surface area contributed by atoms with E-state index < -0.39 is 6.10 Å². The minimum atomic E-state index is -0.596. The van der Waals surface area contributed by atoms with Crippen molar-refractivity contribution in [3.63, 3.8) is 0 Å². The third-order valence-electron chi connectivity index (χ3n) is 2.28. The fourth-order valence-electron chi connectivity index (χ4n) is 1.37. The molecular formula is C13H18N2O3. The van der Waals surface area contributed by atoms with Gasteiger partial charge in [-0.1, -0.05) is 17.7 Å². The van der Waals surface area contributed by atoms with Crippen molar-refractivity contribution < 1.29 is 14.7 Å². The summed E-state index contributed by atoms with van der Waals surface area (Å²) in [6.45, 7) is 3.55. The Labute approximate surface area is 106 Å². The predicted octanol–water partition coefficient (Wildman–Crippen LogP) is 0.222. The van der Waals surface area contributed by atoms with E-state index in [0.29, 0.717) is 5.56 Å². The van der Waals surface area contributed by atoms with Crippen molar-refractivity contribution in [3.05, 3.63) is 35.4 Å². The summed E-state index contributed by atoms with van der Waals surface area (Å²) in [5.41, 5.74) is 1.51. The van der Waals surface area contributed by atoms with Gasteiger partial charge < -0.3 is 15.7 Å². The van der Waals surface area contributed by atoms with Gasteiger partial charge in [-0.05, 0) is 26.0 Å². The Morgan fingerprint density at radius 3 is 2.67 bits per heavy atom. The first-order valence-electron chi connectivity index (χ1n) is 5.78. The van der Waals surface area contributed by atoms with Crippen molar-refractivity contribution in [2.75, 3.05) is 13.1 Å². The highest BCUT2D eigenvalue weighted by Gasteiger charge is 2.08. The van der Waals surface area contributed by atoms with E-state index >= 15 is 0 Å². The average Bonchev–Trinajstić information content (AvgIpc) is 2.33. The quantitative estimate of drug-likeness (QED) is 0.699. The van der Waals surface area contributed by atoms with Gasteiger partial charge in [-0.3, -0.25) is 9.59 Å². The molecule has 0 aromatic heterocycles. The molecular weight excluding hydrogens is 232 g/mol. The van der Waals surface area contributed by atoms with E-state index in [9.17, 15) is 9.59 Å². The van der Waals surface area contributed by atoms with Crippen LogP contribution in [0, 0.1) is 6.92 Å². The minimum Gasteiger partial charge on any atom is -0.392 e. The van der Waals surface area contributed by atoms with Crippen LogP contribution in [0.3, 0.4) is 0 Å². The molecule has 18 heavy (non-hydrogen) atoms. The lowest BCUT2D eigenvalue weighted by atomic mass is 10.1. The summed E-state index contributed by atoms with van der Waals surface area (Å²) in [6, 6.07) is 7.13. The number of aliphatic hydroxyl groups is 1. The van der Waals surface area contributed by atoms with Gasteiger partial charge in [0.1, 0.15) is 0 Å². The van der Waals surface area contributed by atoms with Crippen LogP contribution in [-0.2, 0) is 4.79 Å². The van der Waals surface area contributed by atoms with E-state index in [4.69, 9.17) is 5.11 Å². The first kappa shape index (κ1) is 14.2. The lowest BCUT2D eigenvalue weighted by molar-refractivity contribution is -0.120. The van der Waals surface area contributed by atoms with E-state index in [1.807, 2.05) is 13.0 Å². The number of carbonyl (C=O) groups excluding carboxylic acids is 2. The fraction of sp³-hybridized carbons (Fsp3) is 0.385. The van der Waals surface area contributed by atoms with Gasteiger partial charge in [0, 0.05) is 12.1 Å². The zero-order chi connectivity index (χ0) is 13.5. The van der Waals surface area contributed by atoms with Crippen LogP contribution in [-0.4, -0.2) is 36.1 Å². The molecule has 1 aromatic carbocycles. The van der Waals surface area contributed by atoms with Crippen molar-refractivity contribution in [2.45, 2.75) is 20.0 Å². The Bertz CT molecular complexity index is 430. The molecule has 0 bridgehead atoms. The number of amides is 2. The van der Waals surface area contributed by atoms with Crippen molar-refractivity contribution >= 4 is 11.8 Å². The summed E-state index contributed by atoms with van der Waals surface area (Å²) in [4.78, 5) is 23.0. The van der Waals surface area contributed by atoms with Crippen molar-refractivity contribution in [2.24, 2.45) is 0 Å². The molecule has 1 atom stereocenters. The van der Waals surface area contributed by atoms with Crippen molar-refractivity contribution in [3.8, 4) is 0 Å². The Kier molecular flexibility index (Phi) is 5.32. The highest BCUT2D eigenvalue weighted by molar-refractivity contribution is 5.96. The van der Waals surface area contributed by atoms with Crippen LogP contribution in [0.25, 0.3) is 0 Å². The third-order valence-corrected chi connectivity index (χ3v) is 2.28. The lowest BCUT2D eigenvalue weighted by Crippen LogP contribution is -2.39. The molecule has 0 aliphatic carbocycles. The molecule has 0 unspecified atom stereocenters. The molecule has 0 spiro atoms. The molecule has 0 aliphatic heterocycles. The van der Waals surface area contributed by atoms with Gasteiger partial charge in [-0.2, -0.15) is 0 Å². The zero-order valence-electron chi connectivity index (χ0n) is 10.6. The molecule has 5 nitrogen and oxygen atoms in total. The molecule has 3 N–H and O–H groups in total. The second-order valence-electron chi connectivity index (χ2n) is 4.21. The number of hydrogen-bond acceptors (Lipinski definition) is 3. The highest BCUT2D eigenvalue weighted by atomic mass is 16.3. The number of nitrogens with one attached hydrogen (secondary N) is 2. The molecule has 1 aromatic rings. The molecule has 0 radical (unpaired) electrons. The summed E-state index contributed by atoms with van der Waals surface area (Å²) in [5.74, 6) is -0.609. The van der Waals surface area contributed by atoms with E-state index in [1.54, 1.807) is 25.1 Å². The summed E-state index contributed by atoms with van der Waals surface area (Å²) in [6.07, 6.45) is -0.596. The maximum Gasteiger partial charge on any atom is 0.251 e. The number of benzene rings is 1. The largest absolute Gasteiger partial charge is 0.392 e. The van der Waals surface area contributed by atoms with Crippen LogP contribution in [0.2, 0.25) is 0 Å². The van der Waals surface area contributed by atoms with E-state index in [2.05, 4.69) is 10.6 Å². The van der Waals surface area contributed by atoms with Crippen LogP contribution in [0.15, 0.2) is 24.3 Å². The van der Waals surface area contributed by atoms with Gasteiger partial charge in [0.15, 0.2) is 0 Å². The van der Waals surface area contributed by atoms with Gasteiger partial charge in [-0.25, -0.2) is 0 Å². The summed E-state index contributed by atoms with van der Waals surface area (Å²) >= 11 is 0. The van der Waals surface area contributed by atoms with Gasteiger partial charge in [0.25, 0.3) is 5.91 Å². The Hall–Kier alpha value is -1.88. The Balaban J connectivity index is 2.39. The predicted molar refractivity (Wildman–Crippen MR) is 68.2 cm³/mol. The van der Waals surface area contributed by atoms with E-state index in [1.165, 1.54) is 0 Å². The van der Waals surface area contributed by atoms with Gasteiger partial charge in [0.05, 0.1) is 12.6 Å². The number of hydrogen-bond donors (Lipinski definition) is 3. The van der Waals surface area contributed by atoms with Crippen LogP contribution in [0.5, 0.6) is 0 Å². The second kappa shape index (κ2) is 6.76. The van der Waals surface area contributed by atoms with Crippen molar-refractivity contribution in [1.82, 2.24) is 10.6 Å². The molecule has 0 saturated carbocycles. The zero-order valence-corrected chi connectivity index (χ0v) is 10.6. The van der Waals surface area contributed by atoms with Gasteiger partial charge in [0.2, 0.25) is 5.91 Å². The van der Waals surface area contributed by atoms with Crippen LogP contribution in [0.1, 0.15) is 22.8 Å².